The van der Waals surface area contributed by atoms with Gasteiger partial charge in [0.1, 0.15) is 6.61 Å². The van der Waals surface area contributed by atoms with Crippen molar-refractivity contribution in [1.29, 1.82) is 0 Å². The van der Waals surface area contributed by atoms with Gasteiger partial charge >= 0.3 is 6.09 Å². The number of benzene rings is 1. The largest absolute Gasteiger partial charge is 0.447 e. The highest BCUT2D eigenvalue weighted by Crippen LogP contribution is 2.39. The number of aromatic nitrogens is 2. The van der Waals surface area contributed by atoms with Crippen LogP contribution < -0.4 is 10.2 Å². The predicted molar refractivity (Wildman–Crippen MR) is 92.7 cm³/mol. The lowest BCUT2D eigenvalue weighted by molar-refractivity contribution is -0.117. The smallest absolute Gasteiger partial charge is 0.414 e. The normalized spacial score (nSPS) is 18.1. The van der Waals surface area contributed by atoms with Gasteiger partial charge in [0.15, 0.2) is 5.82 Å². The second-order valence-electron chi connectivity index (χ2n) is 6.55. The van der Waals surface area contributed by atoms with Gasteiger partial charge in [-0.2, -0.15) is 5.10 Å². The molecule has 2 amide bonds. The Morgan fingerprint density at radius 2 is 2.12 bits per heavy atom. The zero-order valence-electron chi connectivity index (χ0n) is 14.0. The Labute approximate surface area is 145 Å². The Morgan fingerprint density at radius 3 is 2.76 bits per heavy atom. The maximum Gasteiger partial charge on any atom is 0.414 e. The van der Waals surface area contributed by atoms with Crippen LogP contribution in [-0.4, -0.2) is 35.3 Å². The zero-order valence-corrected chi connectivity index (χ0v) is 14.0. The molecule has 2 heterocycles. The highest BCUT2D eigenvalue weighted by atomic mass is 16.6. The van der Waals surface area contributed by atoms with Crippen LogP contribution in [0.1, 0.15) is 42.9 Å². The summed E-state index contributed by atoms with van der Waals surface area (Å²) in [7, 11) is 0. The highest BCUT2D eigenvalue weighted by Gasteiger charge is 2.26. The van der Waals surface area contributed by atoms with Crippen LogP contribution in [0.15, 0.2) is 30.3 Å². The molecule has 1 unspecified atom stereocenters. The van der Waals surface area contributed by atoms with Crippen LogP contribution in [0, 0.1) is 0 Å². The summed E-state index contributed by atoms with van der Waals surface area (Å²) in [5.41, 5.74) is 2.75. The number of carbonyl (C=O) groups excluding carboxylic acids is 2. The average Bonchev–Trinajstić information content (AvgIpc) is 3.22. The topological polar surface area (TPSA) is 87.3 Å². The van der Waals surface area contributed by atoms with Gasteiger partial charge in [-0.1, -0.05) is 12.1 Å². The molecule has 130 valence electrons. The highest BCUT2D eigenvalue weighted by molar-refractivity contribution is 5.95. The number of anilines is 2. The van der Waals surface area contributed by atoms with E-state index in [1.54, 1.807) is 4.90 Å². The van der Waals surface area contributed by atoms with E-state index in [4.69, 9.17) is 4.74 Å². The van der Waals surface area contributed by atoms with Gasteiger partial charge in [-0.3, -0.25) is 14.8 Å². The summed E-state index contributed by atoms with van der Waals surface area (Å²) >= 11 is 0. The number of cyclic esters (lactones) is 1. The van der Waals surface area contributed by atoms with Crippen LogP contribution in [0.5, 0.6) is 0 Å². The van der Waals surface area contributed by atoms with E-state index < -0.39 is 0 Å². The van der Waals surface area contributed by atoms with E-state index in [1.165, 1.54) is 12.8 Å². The van der Waals surface area contributed by atoms with Gasteiger partial charge in [-0.05, 0) is 37.5 Å². The molecule has 1 saturated carbocycles. The van der Waals surface area contributed by atoms with Crippen LogP contribution in [-0.2, 0) is 9.53 Å². The summed E-state index contributed by atoms with van der Waals surface area (Å²) in [4.78, 5) is 25.6. The molecule has 2 aromatic rings. The number of amides is 2. The summed E-state index contributed by atoms with van der Waals surface area (Å²) in [5, 5.41) is 9.99. The van der Waals surface area contributed by atoms with E-state index in [9.17, 15) is 9.59 Å². The second kappa shape index (κ2) is 6.23. The number of ether oxygens (including phenoxy) is 1. The van der Waals surface area contributed by atoms with Crippen molar-refractivity contribution in [3.63, 3.8) is 0 Å². The molecule has 2 aliphatic rings. The summed E-state index contributed by atoms with van der Waals surface area (Å²) in [5.74, 6) is 0.707. The number of H-pyrrole nitrogens is 1. The van der Waals surface area contributed by atoms with E-state index in [0.717, 1.165) is 16.9 Å². The van der Waals surface area contributed by atoms with Crippen molar-refractivity contribution < 1.29 is 14.3 Å². The Balaban J connectivity index is 1.41. The molecule has 7 nitrogen and oxygen atoms in total. The molecule has 7 heteroatoms. The number of aromatic amines is 1. The third kappa shape index (κ3) is 3.22. The van der Waals surface area contributed by atoms with Crippen molar-refractivity contribution in [3.8, 4) is 0 Å². The molecule has 0 radical (unpaired) electrons. The molecule has 0 bridgehead atoms. The van der Waals surface area contributed by atoms with Crippen LogP contribution in [0.4, 0.5) is 16.3 Å². The molecular weight excluding hydrogens is 320 g/mol. The summed E-state index contributed by atoms with van der Waals surface area (Å²) in [6.07, 6.45) is 2.04. The number of rotatable bonds is 5. The van der Waals surface area contributed by atoms with Gasteiger partial charge in [0.05, 0.1) is 12.5 Å². The van der Waals surface area contributed by atoms with Crippen LogP contribution in [0.3, 0.4) is 0 Å². The molecule has 1 aliphatic carbocycles. The summed E-state index contributed by atoms with van der Waals surface area (Å²) < 4.78 is 4.94. The molecule has 1 aromatic carbocycles. The lowest BCUT2D eigenvalue weighted by atomic mass is 10.00. The standard InChI is InChI=1S/C18H20N4O3/c1-11(17(23)19-16-10-15(20-21-16)13-2-3-13)12-4-6-14(7-5-12)22-8-9-25-18(22)24/h4-7,10-11,13H,2-3,8-9H2,1H3,(H2,19,20,21,23). The molecule has 1 aromatic heterocycles. The van der Waals surface area contributed by atoms with E-state index in [2.05, 4.69) is 15.5 Å². The van der Waals surface area contributed by atoms with Crippen molar-refractivity contribution in [2.24, 2.45) is 0 Å². The fourth-order valence-electron chi connectivity index (χ4n) is 2.96. The number of carbonyl (C=O) groups is 2. The number of nitrogens with one attached hydrogen (secondary N) is 2. The van der Waals surface area contributed by atoms with E-state index in [0.29, 0.717) is 24.9 Å². The van der Waals surface area contributed by atoms with Gasteiger partial charge in [0, 0.05) is 23.4 Å². The molecule has 1 aliphatic heterocycles. The quantitative estimate of drug-likeness (QED) is 0.876. The van der Waals surface area contributed by atoms with E-state index >= 15 is 0 Å². The molecular formula is C18H20N4O3. The number of hydrogen-bond donors (Lipinski definition) is 2. The van der Waals surface area contributed by atoms with Gasteiger partial charge in [0.25, 0.3) is 0 Å². The molecule has 4 rings (SSSR count). The number of nitrogens with zero attached hydrogens (tertiary/aromatic N) is 2. The average molecular weight is 340 g/mol. The van der Waals surface area contributed by atoms with Crippen molar-refractivity contribution in [1.82, 2.24) is 10.2 Å². The zero-order chi connectivity index (χ0) is 17.4. The first-order valence-corrected chi connectivity index (χ1v) is 8.52. The molecule has 2 N–H and O–H groups in total. The predicted octanol–water partition coefficient (Wildman–Crippen LogP) is 2.99. The van der Waals surface area contributed by atoms with Crippen LogP contribution in [0.25, 0.3) is 0 Å². The summed E-state index contributed by atoms with van der Waals surface area (Å²) in [6.45, 7) is 2.81. The van der Waals surface area contributed by atoms with E-state index in [1.807, 2.05) is 37.3 Å². The Kier molecular flexibility index (Phi) is 3.91. The molecule has 25 heavy (non-hydrogen) atoms. The van der Waals surface area contributed by atoms with Crippen molar-refractivity contribution >= 4 is 23.5 Å². The first kappa shape index (κ1) is 15.7. The SMILES string of the molecule is CC(C(=O)Nc1cc(C2CC2)[nH]n1)c1ccc(N2CCOC2=O)cc1. The minimum atomic E-state index is -0.330. The van der Waals surface area contributed by atoms with Gasteiger partial charge < -0.3 is 10.1 Å². The van der Waals surface area contributed by atoms with Gasteiger partial charge in [0.2, 0.25) is 5.91 Å². The molecule has 0 spiro atoms. The van der Waals surface area contributed by atoms with Crippen LogP contribution >= 0.6 is 0 Å². The lowest BCUT2D eigenvalue weighted by Crippen LogP contribution is -2.23. The maximum absolute atomic E-state index is 12.5. The molecule has 1 atom stereocenters. The first-order chi connectivity index (χ1) is 12.1. The minimum Gasteiger partial charge on any atom is -0.447 e. The number of hydrogen-bond acceptors (Lipinski definition) is 4. The fraction of sp³-hybridized carbons (Fsp3) is 0.389. The monoisotopic (exact) mass is 340 g/mol. The van der Waals surface area contributed by atoms with Crippen LogP contribution in [0.2, 0.25) is 0 Å². The van der Waals surface area contributed by atoms with Gasteiger partial charge in [-0.25, -0.2) is 4.79 Å². The third-order valence-electron chi connectivity index (χ3n) is 4.72. The third-order valence-corrected chi connectivity index (χ3v) is 4.72. The van der Waals surface area contributed by atoms with Crippen molar-refractivity contribution in [2.45, 2.75) is 31.6 Å². The lowest BCUT2D eigenvalue weighted by Gasteiger charge is -2.15. The Bertz CT molecular complexity index is 795. The Hall–Kier alpha value is -2.83. The summed E-state index contributed by atoms with van der Waals surface area (Å²) in [6, 6.07) is 9.32. The van der Waals surface area contributed by atoms with Crippen molar-refractivity contribution in [2.75, 3.05) is 23.4 Å². The molecule has 2 fully saturated rings. The Morgan fingerprint density at radius 1 is 1.36 bits per heavy atom. The first-order valence-electron chi connectivity index (χ1n) is 8.52. The van der Waals surface area contributed by atoms with E-state index in [-0.39, 0.29) is 17.9 Å². The maximum atomic E-state index is 12.5. The van der Waals surface area contributed by atoms with Gasteiger partial charge in [-0.15, -0.1) is 0 Å². The van der Waals surface area contributed by atoms with Crippen molar-refractivity contribution in [3.05, 3.63) is 41.6 Å². The minimum absolute atomic E-state index is 0.109. The molecule has 1 saturated heterocycles. The fourth-order valence-corrected chi connectivity index (χ4v) is 2.96. The second-order valence-corrected chi connectivity index (χ2v) is 6.55.